The summed E-state index contributed by atoms with van der Waals surface area (Å²) in [6.07, 6.45) is 1.60. The lowest BCUT2D eigenvalue weighted by molar-refractivity contribution is 0.0940. The molecule has 1 N–H and O–H groups in total. The van der Waals surface area contributed by atoms with Gasteiger partial charge in [0.1, 0.15) is 5.52 Å². The first-order valence-electron chi connectivity index (χ1n) is 9.48. The van der Waals surface area contributed by atoms with E-state index in [-0.39, 0.29) is 11.9 Å². The van der Waals surface area contributed by atoms with Crippen molar-refractivity contribution >= 4 is 17.0 Å². The van der Waals surface area contributed by atoms with Gasteiger partial charge in [0.15, 0.2) is 11.5 Å². The zero-order valence-electron chi connectivity index (χ0n) is 15.8. The minimum absolute atomic E-state index is 0.0689. The molecule has 4 rings (SSSR count). The summed E-state index contributed by atoms with van der Waals surface area (Å²) in [6, 6.07) is 25.5. The predicted molar refractivity (Wildman–Crippen MR) is 110 cm³/mol. The molecule has 1 amide bonds. The van der Waals surface area contributed by atoms with E-state index >= 15 is 0 Å². The third kappa shape index (κ3) is 4.12. The van der Waals surface area contributed by atoms with Gasteiger partial charge < -0.3 is 9.73 Å². The molecule has 1 heterocycles. The first-order chi connectivity index (χ1) is 13.7. The van der Waals surface area contributed by atoms with E-state index in [0.29, 0.717) is 17.0 Å². The molecule has 0 fully saturated rings. The molecule has 0 radical (unpaired) electrons. The monoisotopic (exact) mass is 370 g/mol. The molecule has 0 aliphatic carbocycles. The molecular formula is C24H22N2O2. The zero-order chi connectivity index (χ0) is 19.3. The molecule has 0 aliphatic heterocycles. The van der Waals surface area contributed by atoms with Gasteiger partial charge in [-0.2, -0.15) is 0 Å². The van der Waals surface area contributed by atoms with E-state index in [4.69, 9.17) is 4.42 Å². The number of nitrogens with zero attached hydrogens (tertiary/aromatic N) is 1. The van der Waals surface area contributed by atoms with Crippen LogP contribution in [0.3, 0.4) is 0 Å². The SMILES string of the molecule is CC(NC(=O)c1ccc2nc(CCc3ccccc3)oc2c1)c1ccccc1. The van der Waals surface area contributed by atoms with Crippen molar-refractivity contribution in [3.8, 4) is 0 Å². The number of rotatable bonds is 6. The van der Waals surface area contributed by atoms with Crippen LogP contribution < -0.4 is 5.32 Å². The van der Waals surface area contributed by atoms with Gasteiger partial charge in [0, 0.05) is 12.0 Å². The van der Waals surface area contributed by atoms with Gasteiger partial charge in [-0.1, -0.05) is 60.7 Å². The molecule has 4 aromatic rings. The Balaban J connectivity index is 1.46. The van der Waals surface area contributed by atoms with Crippen molar-refractivity contribution in [1.29, 1.82) is 0 Å². The predicted octanol–water partition coefficient (Wildman–Crippen LogP) is 5.10. The number of carbonyl (C=O) groups is 1. The molecule has 1 unspecified atom stereocenters. The molecule has 4 nitrogen and oxygen atoms in total. The van der Waals surface area contributed by atoms with Gasteiger partial charge in [-0.25, -0.2) is 4.98 Å². The van der Waals surface area contributed by atoms with Crippen molar-refractivity contribution < 1.29 is 9.21 Å². The van der Waals surface area contributed by atoms with E-state index in [1.807, 2.05) is 61.5 Å². The van der Waals surface area contributed by atoms with E-state index in [2.05, 4.69) is 22.4 Å². The molecular weight excluding hydrogens is 348 g/mol. The fraction of sp³-hybridized carbons (Fsp3) is 0.167. The average molecular weight is 370 g/mol. The third-order valence-electron chi connectivity index (χ3n) is 4.81. The average Bonchev–Trinajstić information content (AvgIpc) is 3.15. The Bertz CT molecular complexity index is 1070. The molecule has 28 heavy (non-hydrogen) atoms. The Labute approximate surface area is 164 Å². The molecule has 1 atom stereocenters. The van der Waals surface area contributed by atoms with Crippen LogP contribution in [0.2, 0.25) is 0 Å². The standard InChI is InChI=1S/C24H22N2O2/c1-17(19-10-6-3-7-11-19)25-24(27)20-13-14-21-22(16-20)28-23(26-21)15-12-18-8-4-2-5-9-18/h2-11,13-14,16-17H,12,15H2,1H3,(H,25,27). The molecule has 1 aromatic heterocycles. The maximum Gasteiger partial charge on any atom is 0.251 e. The molecule has 3 aromatic carbocycles. The Morgan fingerprint density at radius 1 is 0.964 bits per heavy atom. The zero-order valence-corrected chi connectivity index (χ0v) is 15.8. The van der Waals surface area contributed by atoms with Crippen LogP contribution >= 0.6 is 0 Å². The van der Waals surface area contributed by atoms with Gasteiger partial charge in [-0.15, -0.1) is 0 Å². The summed E-state index contributed by atoms with van der Waals surface area (Å²) < 4.78 is 5.88. The molecule has 0 bridgehead atoms. The van der Waals surface area contributed by atoms with Gasteiger partial charge >= 0.3 is 0 Å². The normalized spacial score (nSPS) is 12.0. The second-order valence-corrected chi connectivity index (χ2v) is 6.88. The Morgan fingerprint density at radius 3 is 2.43 bits per heavy atom. The van der Waals surface area contributed by atoms with Gasteiger partial charge in [-0.05, 0) is 42.7 Å². The highest BCUT2D eigenvalue weighted by Gasteiger charge is 2.14. The van der Waals surface area contributed by atoms with Crippen LogP contribution in [0.5, 0.6) is 0 Å². The van der Waals surface area contributed by atoms with Crippen molar-refractivity contribution in [3.63, 3.8) is 0 Å². The topological polar surface area (TPSA) is 55.1 Å². The summed E-state index contributed by atoms with van der Waals surface area (Å²) in [4.78, 5) is 17.2. The van der Waals surface area contributed by atoms with Crippen LogP contribution in [0.15, 0.2) is 83.3 Å². The number of fused-ring (bicyclic) bond motifs is 1. The molecule has 0 saturated heterocycles. The van der Waals surface area contributed by atoms with Gasteiger partial charge in [0.05, 0.1) is 6.04 Å². The van der Waals surface area contributed by atoms with Crippen molar-refractivity contribution in [3.05, 3.63) is 101 Å². The summed E-state index contributed by atoms with van der Waals surface area (Å²) >= 11 is 0. The van der Waals surface area contributed by atoms with E-state index in [0.717, 1.165) is 23.9 Å². The third-order valence-corrected chi connectivity index (χ3v) is 4.81. The lowest BCUT2D eigenvalue weighted by Gasteiger charge is -2.14. The summed E-state index contributed by atoms with van der Waals surface area (Å²) in [6.45, 7) is 1.97. The highest BCUT2D eigenvalue weighted by Crippen LogP contribution is 2.20. The van der Waals surface area contributed by atoms with Crippen molar-refractivity contribution in [1.82, 2.24) is 10.3 Å². The van der Waals surface area contributed by atoms with Crippen molar-refractivity contribution in [2.24, 2.45) is 0 Å². The number of carbonyl (C=O) groups excluding carboxylic acids is 1. The fourth-order valence-electron chi connectivity index (χ4n) is 3.22. The number of benzene rings is 3. The van der Waals surface area contributed by atoms with Crippen LogP contribution in [-0.2, 0) is 12.8 Å². The fourth-order valence-corrected chi connectivity index (χ4v) is 3.22. The number of aryl methyl sites for hydroxylation is 2. The number of hydrogen-bond donors (Lipinski definition) is 1. The second-order valence-electron chi connectivity index (χ2n) is 6.88. The number of nitrogens with one attached hydrogen (secondary N) is 1. The largest absolute Gasteiger partial charge is 0.441 e. The molecule has 0 aliphatic rings. The second kappa shape index (κ2) is 8.09. The first kappa shape index (κ1) is 18.0. The molecule has 4 heteroatoms. The van der Waals surface area contributed by atoms with E-state index in [9.17, 15) is 4.79 Å². The van der Waals surface area contributed by atoms with Crippen LogP contribution in [-0.4, -0.2) is 10.9 Å². The van der Waals surface area contributed by atoms with Crippen molar-refractivity contribution in [2.45, 2.75) is 25.8 Å². The van der Waals surface area contributed by atoms with E-state index in [1.165, 1.54) is 5.56 Å². The number of oxazole rings is 1. The summed E-state index contributed by atoms with van der Waals surface area (Å²) in [5.41, 5.74) is 4.30. The minimum Gasteiger partial charge on any atom is -0.441 e. The Hall–Kier alpha value is -3.40. The molecule has 0 spiro atoms. The number of amides is 1. The Morgan fingerprint density at radius 2 is 1.68 bits per heavy atom. The van der Waals surface area contributed by atoms with Crippen molar-refractivity contribution in [2.75, 3.05) is 0 Å². The highest BCUT2D eigenvalue weighted by molar-refractivity contribution is 5.97. The van der Waals surface area contributed by atoms with E-state index in [1.54, 1.807) is 12.1 Å². The van der Waals surface area contributed by atoms with Crippen LogP contribution in [0.25, 0.3) is 11.1 Å². The maximum absolute atomic E-state index is 12.6. The first-order valence-corrected chi connectivity index (χ1v) is 9.48. The minimum atomic E-state index is -0.125. The van der Waals surface area contributed by atoms with E-state index < -0.39 is 0 Å². The lowest BCUT2D eigenvalue weighted by Crippen LogP contribution is -2.26. The molecule has 0 saturated carbocycles. The smallest absolute Gasteiger partial charge is 0.251 e. The highest BCUT2D eigenvalue weighted by atomic mass is 16.3. The summed E-state index contributed by atoms with van der Waals surface area (Å²) in [7, 11) is 0. The summed E-state index contributed by atoms with van der Waals surface area (Å²) in [5, 5.41) is 3.03. The number of hydrogen-bond acceptors (Lipinski definition) is 3. The van der Waals surface area contributed by atoms with Gasteiger partial charge in [-0.3, -0.25) is 4.79 Å². The number of aromatic nitrogens is 1. The Kier molecular flexibility index (Phi) is 5.20. The maximum atomic E-state index is 12.6. The summed E-state index contributed by atoms with van der Waals surface area (Å²) in [5.74, 6) is 0.564. The molecule has 140 valence electrons. The van der Waals surface area contributed by atoms with Crippen LogP contribution in [0.1, 0.15) is 40.3 Å². The van der Waals surface area contributed by atoms with Crippen LogP contribution in [0.4, 0.5) is 0 Å². The van der Waals surface area contributed by atoms with Crippen LogP contribution in [0, 0.1) is 0 Å². The van der Waals surface area contributed by atoms with Gasteiger partial charge in [0.25, 0.3) is 5.91 Å². The van der Waals surface area contributed by atoms with Gasteiger partial charge in [0.2, 0.25) is 0 Å². The lowest BCUT2D eigenvalue weighted by atomic mass is 10.1. The quantitative estimate of drug-likeness (QED) is 0.513.